The number of benzene rings is 2. The number of thioether (sulfide) groups is 1. The van der Waals surface area contributed by atoms with Crippen LogP contribution < -0.4 is 14.4 Å². The Labute approximate surface area is 173 Å². The van der Waals surface area contributed by atoms with E-state index in [0.717, 1.165) is 23.0 Å². The minimum atomic E-state index is -0.00447. The summed E-state index contributed by atoms with van der Waals surface area (Å²) < 4.78 is 11.2. The van der Waals surface area contributed by atoms with Crippen LogP contribution in [-0.4, -0.2) is 42.5 Å². The Morgan fingerprint density at radius 1 is 1.18 bits per heavy atom. The Balaban J connectivity index is 1.60. The van der Waals surface area contributed by atoms with Gasteiger partial charge in [-0.1, -0.05) is 30.3 Å². The van der Waals surface area contributed by atoms with E-state index in [1.165, 1.54) is 0 Å². The molecule has 0 aromatic heterocycles. The van der Waals surface area contributed by atoms with Gasteiger partial charge in [-0.15, -0.1) is 0 Å². The highest BCUT2D eigenvalue weighted by molar-refractivity contribution is 8.14. The van der Waals surface area contributed by atoms with Crippen molar-refractivity contribution < 1.29 is 14.3 Å². The number of hydrogen-bond acceptors (Lipinski definition) is 6. The molecule has 4 rings (SSSR count). The van der Waals surface area contributed by atoms with Gasteiger partial charge in [-0.05, 0) is 48.9 Å². The Kier molecular flexibility index (Phi) is 5.78. The predicted molar refractivity (Wildman–Crippen MR) is 115 cm³/mol. The molecular weight excluding hydrogens is 396 g/mol. The van der Waals surface area contributed by atoms with Gasteiger partial charge in [0, 0.05) is 22.0 Å². The van der Waals surface area contributed by atoms with E-state index in [9.17, 15) is 4.79 Å². The van der Waals surface area contributed by atoms with Crippen LogP contribution in [0, 0.1) is 0 Å². The lowest BCUT2D eigenvalue weighted by molar-refractivity contribution is 0.100. The van der Waals surface area contributed by atoms with Crippen molar-refractivity contribution >= 4 is 40.0 Å². The topological polar surface area (TPSA) is 51.1 Å². The zero-order chi connectivity index (χ0) is 19.5. The van der Waals surface area contributed by atoms with Crippen LogP contribution in [0.2, 0.25) is 5.02 Å². The average Bonchev–Trinajstić information content (AvgIpc) is 3.21. The van der Waals surface area contributed by atoms with Crippen molar-refractivity contribution in [2.45, 2.75) is 19.4 Å². The summed E-state index contributed by atoms with van der Waals surface area (Å²) in [7, 11) is 0. The molecular formula is C21H21ClN2O3S. The average molecular weight is 417 g/mol. The molecule has 0 bridgehead atoms. The van der Waals surface area contributed by atoms with Crippen molar-refractivity contribution in [3.05, 3.63) is 53.1 Å². The van der Waals surface area contributed by atoms with Crippen molar-refractivity contribution in [2.24, 2.45) is 4.99 Å². The number of nitrogens with zero attached hydrogens (tertiary/aromatic N) is 2. The summed E-state index contributed by atoms with van der Waals surface area (Å²) in [6.45, 7) is 3.35. The number of amidine groups is 1. The molecule has 1 atom stereocenters. The summed E-state index contributed by atoms with van der Waals surface area (Å²) in [6.07, 6.45) is 0.987. The second-order valence-corrected chi connectivity index (χ2v) is 8.05. The van der Waals surface area contributed by atoms with E-state index in [1.807, 2.05) is 29.2 Å². The molecule has 0 N–H and O–H groups in total. The Morgan fingerprint density at radius 3 is 2.64 bits per heavy atom. The number of rotatable bonds is 5. The lowest BCUT2D eigenvalue weighted by Gasteiger charge is -2.24. The van der Waals surface area contributed by atoms with Gasteiger partial charge in [0.25, 0.3) is 0 Å². The highest BCUT2D eigenvalue weighted by Crippen LogP contribution is 2.32. The van der Waals surface area contributed by atoms with Gasteiger partial charge in [0.2, 0.25) is 0 Å². The number of fused-ring (bicyclic) bond motifs is 1. The summed E-state index contributed by atoms with van der Waals surface area (Å²) in [4.78, 5) is 19.8. The SMILES string of the molecule is CCC1CSC(N(CC(=O)c2ccc3c(c2)OCCO3)c2ccc(Cl)cc2)=N1. The minimum absolute atomic E-state index is 0.00447. The third-order valence-electron chi connectivity index (χ3n) is 4.70. The fourth-order valence-corrected chi connectivity index (χ4v) is 4.43. The second kappa shape index (κ2) is 8.45. The van der Waals surface area contributed by atoms with Crippen LogP contribution in [-0.2, 0) is 0 Å². The Bertz CT molecular complexity index is 901. The first-order valence-electron chi connectivity index (χ1n) is 9.30. The van der Waals surface area contributed by atoms with Gasteiger partial charge in [-0.3, -0.25) is 9.79 Å². The van der Waals surface area contributed by atoms with Crippen LogP contribution >= 0.6 is 23.4 Å². The van der Waals surface area contributed by atoms with E-state index in [-0.39, 0.29) is 12.3 Å². The van der Waals surface area contributed by atoms with E-state index < -0.39 is 0 Å². The fourth-order valence-electron chi connectivity index (χ4n) is 3.10. The number of halogens is 1. The number of carbonyl (C=O) groups excluding carboxylic acids is 1. The summed E-state index contributed by atoms with van der Waals surface area (Å²) in [5, 5.41) is 1.54. The highest BCUT2D eigenvalue weighted by atomic mass is 35.5. The normalized spacial score (nSPS) is 17.9. The van der Waals surface area contributed by atoms with Crippen molar-refractivity contribution in [3.63, 3.8) is 0 Å². The zero-order valence-electron chi connectivity index (χ0n) is 15.6. The maximum Gasteiger partial charge on any atom is 0.182 e. The molecule has 0 saturated heterocycles. The maximum absolute atomic E-state index is 13.1. The lowest BCUT2D eigenvalue weighted by Crippen LogP contribution is -2.33. The first kappa shape index (κ1) is 19.2. The molecule has 2 heterocycles. The van der Waals surface area contributed by atoms with E-state index in [0.29, 0.717) is 41.3 Å². The van der Waals surface area contributed by atoms with Crippen molar-refractivity contribution in [3.8, 4) is 11.5 Å². The Morgan fingerprint density at radius 2 is 1.93 bits per heavy atom. The molecule has 0 aliphatic carbocycles. The number of hydrogen-bond donors (Lipinski definition) is 0. The van der Waals surface area contributed by atoms with Gasteiger partial charge in [0.1, 0.15) is 13.2 Å². The number of anilines is 1. The van der Waals surface area contributed by atoms with E-state index >= 15 is 0 Å². The van der Waals surface area contributed by atoms with Crippen LogP contribution in [0.5, 0.6) is 11.5 Å². The van der Waals surface area contributed by atoms with Crippen LogP contribution in [0.1, 0.15) is 23.7 Å². The van der Waals surface area contributed by atoms with Crippen molar-refractivity contribution in [1.29, 1.82) is 0 Å². The molecule has 0 amide bonds. The predicted octanol–water partition coefficient (Wildman–Crippen LogP) is 4.68. The minimum Gasteiger partial charge on any atom is -0.486 e. The second-order valence-electron chi connectivity index (χ2n) is 6.63. The van der Waals surface area contributed by atoms with Crippen molar-refractivity contribution in [1.82, 2.24) is 0 Å². The molecule has 146 valence electrons. The molecule has 1 unspecified atom stereocenters. The van der Waals surface area contributed by atoms with Gasteiger partial charge in [-0.25, -0.2) is 0 Å². The first-order valence-corrected chi connectivity index (χ1v) is 10.7. The van der Waals surface area contributed by atoms with Gasteiger partial charge < -0.3 is 14.4 Å². The summed E-state index contributed by atoms with van der Waals surface area (Å²) in [5.74, 6) is 2.23. The smallest absolute Gasteiger partial charge is 0.182 e. The molecule has 2 aliphatic heterocycles. The Hall–Kier alpha value is -2.18. The molecule has 2 aromatic rings. The third kappa shape index (κ3) is 4.13. The maximum atomic E-state index is 13.1. The summed E-state index contributed by atoms with van der Waals surface area (Å²) in [5.41, 5.74) is 1.50. The van der Waals surface area contributed by atoms with E-state index in [4.69, 9.17) is 26.1 Å². The molecule has 2 aromatic carbocycles. The summed E-state index contributed by atoms with van der Waals surface area (Å²) in [6, 6.07) is 13.1. The molecule has 28 heavy (non-hydrogen) atoms. The number of aliphatic imine (C=N–C) groups is 1. The zero-order valence-corrected chi connectivity index (χ0v) is 17.1. The van der Waals surface area contributed by atoms with Crippen LogP contribution in [0.3, 0.4) is 0 Å². The van der Waals surface area contributed by atoms with Crippen molar-refractivity contribution in [2.75, 3.05) is 30.4 Å². The van der Waals surface area contributed by atoms with E-state index in [1.54, 1.807) is 30.0 Å². The first-order chi connectivity index (χ1) is 13.6. The van der Waals surface area contributed by atoms with Crippen LogP contribution in [0.15, 0.2) is 47.5 Å². The molecule has 0 fully saturated rings. The van der Waals surface area contributed by atoms with Gasteiger partial charge >= 0.3 is 0 Å². The lowest BCUT2D eigenvalue weighted by atomic mass is 10.1. The molecule has 0 saturated carbocycles. The van der Waals surface area contributed by atoms with Crippen LogP contribution in [0.25, 0.3) is 0 Å². The fraction of sp³-hybridized carbons (Fsp3) is 0.333. The van der Waals surface area contributed by atoms with Gasteiger partial charge in [0.15, 0.2) is 22.4 Å². The van der Waals surface area contributed by atoms with Gasteiger partial charge in [0.05, 0.1) is 12.6 Å². The third-order valence-corrected chi connectivity index (χ3v) is 6.09. The highest BCUT2D eigenvalue weighted by Gasteiger charge is 2.25. The standard InChI is InChI=1S/C21H21ClN2O3S/c1-2-16-13-28-21(23-16)24(17-6-4-15(22)5-7-17)12-18(25)14-3-8-19-20(11-14)27-10-9-26-19/h3-8,11,16H,2,9-10,12-13H2,1H3. The van der Waals surface area contributed by atoms with Gasteiger partial charge in [-0.2, -0.15) is 0 Å². The number of ether oxygens (including phenoxy) is 2. The summed E-state index contributed by atoms with van der Waals surface area (Å²) >= 11 is 7.73. The monoisotopic (exact) mass is 416 g/mol. The number of Topliss-reactive ketones (excluding diaryl/α,β-unsaturated/α-hetero) is 1. The quantitative estimate of drug-likeness (QED) is 0.662. The number of carbonyl (C=O) groups is 1. The molecule has 2 aliphatic rings. The molecule has 0 radical (unpaired) electrons. The largest absolute Gasteiger partial charge is 0.486 e. The molecule has 0 spiro atoms. The van der Waals surface area contributed by atoms with Crippen LogP contribution in [0.4, 0.5) is 5.69 Å². The number of ketones is 1. The molecule has 7 heteroatoms. The van der Waals surface area contributed by atoms with E-state index in [2.05, 4.69) is 6.92 Å². The molecule has 5 nitrogen and oxygen atoms in total.